The number of rotatable bonds is 5. The summed E-state index contributed by atoms with van der Waals surface area (Å²) >= 11 is 0. The molecule has 0 radical (unpaired) electrons. The van der Waals surface area contributed by atoms with Crippen molar-refractivity contribution < 1.29 is 0 Å². The molecule has 0 aliphatic heterocycles. The fourth-order valence-corrected chi connectivity index (χ4v) is 1.95. The molecule has 1 nitrogen and oxygen atoms in total. The summed E-state index contributed by atoms with van der Waals surface area (Å²) in [5, 5.41) is 3.67. The van der Waals surface area contributed by atoms with Crippen molar-refractivity contribution in [2.45, 2.75) is 53.1 Å². The second-order valence-corrected chi connectivity index (χ2v) is 4.98. The first kappa shape index (κ1) is 13.2. The summed E-state index contributed by atoms with van der Waals surface area (Å²) in [4.78, 5) is 0. The molecule has 0 bridgehead atoms. The van der Waals surface area contributed by atoms with Gasteiger partial charge in [-0.25, -0.2) is 0 Å². The van der Waals surface area contributed by atoms with Crippen LogP contribution in [0, 0.1) is 12.8 Å². The van der Waals surface area contributed by atoms with Crippen molar-refractivity contribution in [1.82, 2.24) is 5.32 Å². The normalized spacial score (nSPS) is 16.8. The minimum absolute atomic E-state index is 0.434. The highest BCUT2D eigenvalue weighted by atomic mass is 14.9. The quantitative estimate of drug-likeness (QED) is 0.787. The van der Waals surface area contributed by atoms with E-state index < -0.39 is 0 Å². The van der Waals surface area contributed by atoms with Gasteiger partial charge < -0.3 is 5.32 Å². The highest BCUT2D eigenvalue weighted by Crippen LogP contribution is 2.17. The molecule has 1 aromatic carbocycles. The maximum absolute atomic E-state index is 3.67. The third-order valence-electron chi connectivity index (χ3n) is 3.55. The number of aryl methyl sites for hydroxylation is 1. The Kier molecular flexibility index (Phi) is 5.01. The predicted molar refractivity (Wildman–Crippen MR) is 71.6 cm³/mol. The largest absolute Gasteiger partial charge is 0.307 e. The van der Waals surface area contributed by atoms with E-state index in [4.69, 9.17) is 0 Å². The zero-order chi connectivity index (χ0) is 12.1. The summed E-state index contributed by atoms with van der Waals surface area (Å²) in [5.74, 6) is 0.729. The highest BCUT2D eigenvalue weighted by Gasteiger charge is 2.13. The van der Waals surface area contributed by atoms with E-state index in [9.17, 15) is 0 Å². The monoisotopic (exact) mass is 219 g/mol. The third-order valence-corrected chi connectivity index (χ3v) is 3.55. The molecule has 1 rings (SSSR count). The molecule has 90 valence electrons. The Balaban J connectivity index is 2.61. The van der Waals surface area contributed by atoms with E-state index in [2.05, 4.69) is 64.2 Å². The average molecular weight is 219 g/mol. The molecule has 1 heteroatoms. The van der Waals surface area contributed by atoms with Gasteiger partial charge in [0.2, 0.25) is 0 Å². The van der Waals surface area contributed by atoms with Crippen molar-refractivity contribution in [2.75, 3.05) is 0 Å². The second-order valence-electron chi connectivity index (χ2n) is 4.98. The number of nitrogens with one attached hydrogen (secondary N) is 1. The second kappa shape index (κ2) is 6.05. The lowest BCUT2D eigenvalue weighted by atomic mass is 9.98. The van der Waals surface area contributed by atoms with Crippen LogP contribution >= 0.6 is 0 Å². The van der Waals surface area contributed by atoms with Crippen LogP contribution < -0.4 is 5.32 Å². The Morgan fingerprint density at radius 3 is 2.44 bits per heavy atom. The van der Waals surface area contributed by atoms with E-state index in [1.54, 1.807) is 0 Å². The van der Waals surface area contributed by atoms with Crippen LogP contribution in [0.4, 0.5) is 0 Å². The van der Waals surface area contributed by atoms with Crippen LogP contribution in [0.1, 0.15) is 51.3 Å². The van der Waals surface area contributed by atoms with Crippen molar-refractivity contribution >= 4 is 0 Å². The summed E-state index contributed by atoms with van der Waals surface area (Å²) in [6.45, 7) is 11.2. The molecule has 1 aromatic rings. The molecular weight excluding hydrogens is 194 g/mol. The first-order valence-electron chi connectivity index (χ1n) is 6.37. The maximum Gasteiger partial charge on any atom is 0.0294 e. The van der Waals surface area contributed by atoms with Gasteiger partial charge in [0, 0.05) is 12.1 Å². The van der Waals surface area contributed by atoms with Crippen molar-refractivity contribution in [2.24, 2.45) is 5.92 Å². The summed E-state index contributed by atoms with van der Waals surface area (Å²) in [7, 11) is 0. The number of hydrogen-bond donors (Lipinski definition) is 1. The van der Waals surface area contributed by atoms with E-state index in [-0.39, 0.29) is 0 Å². The first-order chi connectivity index (χ1) is 7.54. The third kappa shape index (κ3) is 3.64. The van der Waals surface area contributed by atoms with Gasteiger partial charge in [-0.2, -0.15) is 0 Å². The summed E-state index contributed by atoms with van der Waals surface area (Å²) in [6, 6.07) is 9.75. The fraction of sp³-hybridized carbons (Fsp3) is 0.600. The molecule has 0 aliphatic carbocycles. The minimum Gasteiger partial charge on any atom is -0.307 e. The lowest BCUT2D eigenvalue weighted by Gasteiger charge is -2.25. The first-order valence-corrected chi connectivity index (χ1v) is 6.37. The molecule has 1 N–H and O–H groups in total. The van der Waals surface area contributed by atoms with Crippen molar-refractivity contribution in [1.29, 1.82) is 0 Å². The fourth-order valence-electron chi connectivity index (χ4n) is 1.95. The maximum atomic E-state index is 3.67. The van der Waals surface area contributed by atoms with Gasteiger partial charge in [-0.05, 0) is 32.3 Å². The Morgan fingerprint density at radius 1 is 1.19 bits per heavy atom. The predicted octanol–water partition coefficient (Wildman–Crippen LogP) is 4.08. The molecule has 0 saturated carbocycles. The summed E-state index contributed by atoms with van der Waals surface area (Å²) < 4.78 is 0. The van der Waals surface area contributed by atoms with Gasteiger partial charge in [-0.15, -0.1) is 0 Å². The van der Waals surface area contributed by atoms with Crippen LogP contribution in [0.15, 0.2) is 24.3 Å². The van der Waals surface area contributed by atoms with Crippen molar-refractivity contribution in [3.8, 4) is 0 Å². The molecule has 0 aromatic heterocycles. The van der Waals surface area contributed by atoms with Crippen LogP contribution in [0.3, 0.4) is 0 Å². The van der Waals surface area contributed by atoms with Gasteiger partial charge in [0.1, 0.15) is 0 Å². The lowest BCUT2D eigenvalue weighted by Crippen LogP contribution is -2.33. The molecule has 0 saturated heterocycles. The van der Waals surface area contributed by atoms with Crippen molar-refractivity contribution in [3.05, 3.63) is 35.4 Å². The number of benzene rings is 1. The molecule has 0 amide bonds. The van der Waals surface area contributed by atoms with Gasteiger partial charge in [-0.1, -0.05) is 50.1 Å². The molecular formula is C15H25N. The van der Waals surface area contributed by atoms with E-state index in [1.165, 1.54) is 17.5 Å². The smallest absolute Gasteiger partial charge is 0.0294 e. The molecule has 0 fully saturated rings. The van der Waals surface area contributed by atoms with Crippen LogP contribution in [-0.4, -0.2) is 6.04 Å². The van der Waals surface area contributed by atoms with Gasteiger partial charge in [0.15, 0.2) is 0 Å². The van der Waals surface area contributed by atoms with Crippen LogP contribution in [-0.2, 0) is 0 Å². The van der Waals surface area contributed by atoms with Crippen LogP contribution in [0.5, 0.6) is 0 Å². The molecule has 16 heavy (non-hydrogen) atoms. The highest BCUT2D eigenvalue weighted by molar-refractivity contribution is 5.24. The van der Waals surface area contributed by atoms with Gasteiger partial charge in [-0.3, -0.25) is 0 Å². The van der Waals surface area contributed by atoms with Crippen LogP contribution in [0.2, 0.25) is 0 Å². The van der Waals surface area contributed by atoms with E-state index >= 15 is 0 Å². The van der Waals surface area contributed by atoms with E-state index in [1.807, 2.05) is 0 Å². The van der Waals surface area contributed by atoms with Gasteiger partial charge in [0.25, 0.3) is 0 Å². The molecule has 0 spiro atoms. The Hall–Kier alpha value is -0.820. The van der Waals surface area contributed by atoms with Crippen molar-refractivity contribution in [3.63, 3.8) is 0 Å². The molecule has 0 aliphatic rings. The zero-order valence-corrected chi connectivity index (χ0v) is 11.2. The molecule has 0 heterocycles. The van der Waals surface area contributed by atoms with E-state index in [0.717, 1.165) is 5.92 Å². The topological polar surface area (TPSA) is 12.0 Å². The standard InChI is InChI=1S/C15H25N/c1-6-12(3)13(4)16-14(5)15-9-7-8-11(2)10-15/h7-10,12-14,16H,6H2,1-5H3. The Morgan fingerprint density at radius 2 is 1.88 bits per heavy atom. The lowest BCUT2D eigenvalue weighted by molar-refractivity contribution is 0.360. The van der Waals surface area contributed by atoms with E-state index in [0.29, 0.717) is 12.1 Å². The Bertz CT molecular complexity index is 319. The van der Waals surface area contributed by atoms with Crippen LogP contribution in [0.25, 0.3) is 0 Å². The molecule has 3 unspecified atom stereocenters. The SMILES string of the molecule is CCC(C)C(C)NC(C)c1cccc(C)c1. The zero-order valence-electron chi connectivity index (χ0n) is 11.2. The average Bonchev–Trinajstić information content (AvgIpc) is 2.27. The minimum atomic E-state index is 0.434. The summed E-state index contributed by atoms with van der Waals surface area (Å²) in [6.07, 6.45) is 1.23. The summed E-state index contributed by atoms with van der Waals surface area (Å²) in [5.41, 5.74) is 2.72. The van der Waals surface area contributed by atoms with Gasteiger partial charge >= 0.3 is 0 Å². The number of hydrogen-bond acceptors (Lipinski definition) is 1. The Labute approximate surface area is 100 Å². The molecule has 3 atom stereocenters. The van der Waals surface area contributed by atoms with Gasteiger partial charge in [0.05, 0.1) is 0 Å².